The second kappa shape index (κ2) is 4.54. The van der Waals surface area contributed by atoms with E-state index in [0.717, 1.165) is 18.2 Å². The number of benzene rings is 1. The summed E-state index contributed by atoms with van der Waals surface area (Å²) < 4.78 is 24.4. The van der Waals surface area contributed by atoms with Crippen LogP contribution in [0.2, 0.25) is 0 Å². The van der Waals surface area contributed by atoms with Gasteiger partial charge in [0.15, 0.2) is 0 Å². The molecule has 1 aromatic carbocycles. The Hall–Kier alpha value is -2.53. The maximum absolute atomic E-state index is 12.0. The molecule has 1 aliphatic rings. The maximum Gasteiger partial charge on any atom is 0.270 e. The van der Waals surface area contributed by atoms with E-state index >= 15 is 0 Å². The van der Waals surface area contributed by atoms with Gasteiger partial charge in [-0.2, -0.15) is 0 Å². The van der Waals surface area contributed by atoms with E-state index in [0.29, 0.717) is 4.31 Å². The molecule has 1 heterocycles. The summed E-state index contributed by atoms with van der Waals surface area (Å²) in [5.41, 5.74) is 0.939. The zero-order valence-corrected chi connectivity index (χ0v) is 10.6. The number of fused-ring (bicyclic) bond motifs is 1. The third kappa shape index (κ3) is 1.98. The number of nitro groups is 1. The van der Waals surface area contributed by atoms with Crippen LogP contribution < -0.4 is 11.3 Å². The molecule has 11 heteroatoms. The number of nitro benzene ring substituents is 1. The number of carbonyl (C=O) groups excluding carboxylic acids is 2. The van der Waals surface area contributed by atoms with Crippen LogP contribution in [-0.2, 0) is 14.8 Å². The molecule has 0 spiro atoms. The highest BCUT2D eigenvalue weighted by Crippen LogP contribution is 2.32. The topological polar surface area (TPSA) is 153 Å². The van der Waals surface area contributed by atoms with Gasteiger partial charge in [-0.25, -0.2) is 18.6 Å². The van der Waals surface area contributed by atoms with Crippen molar-refractivity contribution in [2.75, 3.05) is 6.54 Å². The molecule has 1 aromatic rings. The quantitative estimate of drug-likeness (QED) is 0.305. The van der Waals surface area contributed by atoms with Crippen LogP contribution in [0, 0.1) is 10.1 Å². The monoisotopic (exact) mass is 300 g/mol. The number of non-ortho nitro benzene ring substituents is 1. The second-order valence-electron chi connectivity index (χ2n) is 3.82. The molecule has 2 amide bonds. The molecule has 0 bridgehead atoms. The average Bonchev–Trinajstić information content (AvgIpc) is 2.59. The first kappa shape index (κ1) is 13.9. The third-order valence-electron chi connectivity index (χ3n) is 2.65. The van der Waals surface area contributed by atoms with Crippen molar-refractivity contribution in [1.82, 2.24) is 9.73 Å². The number of sulfonamides is 1. The Balaban J connectivity index is 2.53. The van der Waals surface area contributed by atoms with Gasteiger partial charge in [0.1, 0.15) is 11.4 Å². The maximum atomic E-state index is 12.0. The van der Waals surface area contributed by atoms with Gasteiger partial charge in [0, 0.05) is 12.1 Å². The SMILES string of the molecule is NNC(=O)CN1C(=O)c2cc([N+](=O)[O-])ccc2S1(=O)=O. The van der Waals surface area contributed by atoms with Crippen LogP contribution >= 0.6 is 0 Å². The number of nitrogens with one attached hydrogen (secondary N) is 1. The van der Waals surface area contributed by atoms with E-state index in [-0.39, 0.29) is 10.5 Å². The van der Waals surface area contributed by atoms with Crippen molar-refractivity contribution in [3.05, 3.63) is 33.9 Å². The van der Waals surface area contributed by atoms with Gasteiger partial charge in [-0.3, -0.25) is 25.1 Å². The molecule has 0 radical (unpaired) electrons. The highest BCUT2D eigenvalue weighted by atomic mass is 32.2. The van der Waals surface area contributed by atoms with Gasteiger partial charge in [-0.1, -0.05) is 0 Å². The highest BCUT2D eigenvalue weighted by molar-refractivity contribution is 7.90. The molecule has 0 atom stereocenters. The Bertz CT molecular complexity index is 728. The Morgan fingerprint density at radius 2 is 2.10 bits per heavy atom. The van der Waals surface area contributed by atoms with Gasteiger partial charge >= 0.3 is 0 Å². The fourth-order valence-corrected chi connectivity index (χ4v) is 3.22. The lowest BCUT2D eigenvalue weighted by Gasteiger charge is -2.13. The van der Waals surface area contributed by atoms with Gasteiger partial charge in [0.2, 0.25) is 0 Å². The zero-order chi connectivity index (χ0) is 15.1. The van der Waals surface area contributed by atoms with Gasteiger partial charge in [0.05, 0.1) is 10.5 Å². The van der Waals surface area contributed by atoms with Crippen molar-refractivity contribution >= 4 is 27.5 Å². The minimum atomic E-state index is -4.20. The Kier molecular flexibility index (Phi) is 3.15. The Labute approximate surface area is 112 Å². The number of rotatable bonds is 3. The smallest absolute Gasteiger partial charge is 0.270 e. The standard InChI is InChI=1S/C9H8N4O6S/c10-11-8(14)4-12-9(15)6-3-5(13(16)17)1-2-7(6)20(12,18)19/h1-3H,4,10H2,(H,11,14). The summed E-state index contributed by atoms with van der Waals surface area (Å²) in [6.07, 6.45) is 0. The summed E-state index contributed by atoms with van der Waals surface area (Å²) in [6.45, 7) is -0.792. The molecule has 10 nitrogen and oxygen atoms in total. The molecule has 0 aromatic heterocycles. The summed E-state index contributed by atoms with van der Waals surface area (Å²) >= 11 is 0. The van der Waals surface area contributed by atoms with Gasteiger partial charge in [0.25, 0.3) is 27.5 Å². The van der Waals surface area contributed by atoms with E-state index < -0.39 is 39.0 Å². The molecule has 20 heavy (non-hydrogen) atoms. The fraction of sp³-hybridized carbons (Fsp3) is 0.111. The summed E-state index contributed by atoms with van der Waals surface area (Å²) in [4.78, 5) is 32.6. The molecule has 0 saturated heterocycles. The van der Waals surface area contributed by atoms with E-state index in [1.807, 2.05) is 0 Å². The predicted octanol–water partition coefficient (Wildman–Crippen LogP) is -1.27. The summed E-state index contributed by atoms with van der Waals surface area (Å²) in [5, 5.41) is 10.6. The van der Waals surface area contributed by atoms with Crippen LogP contribution in [0.5, 0.6) is 0 Å². The highest BCUT2D eigenvalue weighted by Gasteiger charge is 2.42. The van der Waals surface area contributed by atoms with Crippen LogP contribution in [0.4, 0.5) is 5.69 Å². The molecule has 0 saturated carbocycles. The van der Waals surface area contributed by atoms with E-state index in [4.69, 9.17) is 5.84 Å². The van der Waals surface area contributed by atoms with Gasteiger partial charge < -0.3 is 0 Å². The lowest BCUT2D eigenvalue weighted by atomic mass is 10.2. The first-order valence-corrected chi connectivity index (χ1v) is 6.58. The number of carbonyl (C=O) groups is 2. The minimum Gasteiger partial charge on any atom is -0.293 e. The Morgan fingerprint density at radius 3 is 2.65 bits per heavy atom. The van der Waals surface area contributed by atoms with Crippen molar-refractivity contribution in [1.29, 1.82) is 0 Å². The summed E-state index contributed by atoms with van der Waals surface area (Å²) in [5.74, 6) is 2.94. The first-order chi connectivity index (χ1) is 9.28. The van der Waals surface area contributed by atoms with Crippen LogP contribution in [0.3, 0.4) is 0 Å². The van der Waals surface area contributed by atoms with Crippen LogP contribution in [-0.4, -0.2) is 36.0 Å². The Morgan fingerprint density at radius 1 is 1.45 bits per heavy atom. The normalized spacial score (nSPS) is 15.8. The van der Waals surface area contributed by atoms with Crippen molar-refractivity contribution < 1.29 is 22.9 Å². The number of amides is 2. The summed E-state index contributed by atoms with van der Waals surface area (Å²) in [7, 11) is -4.20. The first-order valence-electron chi connectivity index (χ1n) is 5.14. The lowest BCUT2D eigenvalue weighted by Crippen LogP contribution is -2.42. The van der Waals surface area contributed by atoms with Crippen molar-refractivity contribution in [2.24, 2.45) is 5.84 Å². The van der Waals surface area contributed by atoms with E-state index in [2.05, 4.69) is 0 Å². The van der Waals surface area contributed by atoms with Crippen molar-refractivity contribution in [3.63, 3.8) is 0 Å². The molecule has 0 fully saturated rings. The molecular formula is C9H8N4O6S. The fourth-order valence-electron chi connectivity index (χ4n) is 1.72. The predicted molar refractivity (Wildman–Crippen MR) is 63.6 cm³/mol. The molecule has 3 N–H and O–H groups in total. The van der Waals surface area contributed by atoms with Gasteiger partial charge in [-0.15, -0.1) is 0 Å². The number of hydrazine groups is 1. The zero-order valence-electron chi connectivity index (χ0n) is 9.77. The second-order valence-corrected chi connectivity index (χ2v) is 5.65. The third-order valence-corrected chi connectivity index (χ3v) is 4.43. The van der Waals surface area contributed by atoms with Crippen LogP contribution in [0.15, 0.2) is 23.1 Å². The molecule has 1 aliphatic heterocycles. The van der Waals surface area contributed by atoms with E-state index in [1.54, 1.807) is 5.43 Å². The summed E-state index contributed by atoms with van der Waals surface area (Å²) in [6, 6.07) is 2.78. The molecule has 0 aliphatic carbocycles. The number of nitrogens with zero attached hydrogens (tertiary/aromatic N) is 2. The van der Waals surface area contributed by atoms with E-state index in [9.17, 15) is 28.1 Å². The molecular weight excluding hydrogens is 292 g/mol. The van der Waals surface area contributed by atoms with Crippen LogP contribution in [0.1, 0.15) is 10.4 Å². The van der Waals surface area contributed by atoms with Crippen molar-refractivity contribution in [3.8, 4) is 0 Å². The number of hydrogen-bond donors (Lipinski definition) is 2. The minimum absolute atomic E-state index is 0.309. The van der Waals surface area contributed by atoms with Crippen LogP contribution in [0.25, 0.3) is 0 Å². The van der Waals surface area contributed by atoms with Crippen molar-refractivity contribution in [2.45, 2.75) is 4.90 Å². The lowest BCUT2D eigenvalue weighted by molar-refractivity contribution is -0.384. The average molecular weight is 300 g/mol. The number of nitrogens with two attached hydrogens (primary N) is 1. The number of hydrogen-bond acceptors (Lipinski definition) is 7. The molecule has 0 unspecified atom stereocenters. The van der Waals surface area contributed by atoms with Gasteiger partial charge in [-0.05, 0) is 6.07 Å². The largest absolute Gasteiger partial charge is 0.293 e. The van der Waals surface area contributed by atoms with E-state index in [1.165, 1.54) is 0 Å². The molecule has 2 rings (SSSR count). The molecule has 106 valence electrons.